The number of aromatic amines is 1. The molecule has 0 aliphatic carbocycles. The molecule has 0 radical (unpaired) electrons. The standard InChI is InChI=1S/C11H18N4O.ClH/c1-15(9-3-2-6-12-7-4-9)11(16)10-5-8-13-14-10;/h5,8-9,12H,2-4,6-7H2,1H3,(H,13,14);1H. The average Bonchev–Trinajstić information content (AvgIpc) is 2.70. The summed E-state index contributed by atoms with van der Waals surface area (Å²) in [7, 11) is 1.87. The van der Waals surface area contributed by atoms with Gasteiger partial charge in [0.2, 0.25) is 0 Å². The summed E-state index contributed by atoms with van der Waals surface area (Å²) in [5.41, 5.74) is 0.569. The van der Waals surface area contributed by atoms with Crippen LogP contribution in [0.4, 0.5) is 0 Å². The van der Waals surface area contributed by atoms with Gasteiger partial charge < -0.3 is 10.2 Å². The van der Waals surface area contributed by atoms with Crippen LogP contribution in [0.15, 0.2) is 12.3 Å². The van der Waals surface area contributed by atoms with Gasteiger partial charge in [0.05, 0.1) is 0 Å². The predicted molar refractivity (Wildman–Crippen MR) is 68.4 cm³/mol. The Morgan fingerprint density at radius 2 is 2.29 bits per heavy atom. The third kappa shape index (κ3) is 3.44. The maximum absolute atomic E-state index is 12.1. The Morgan fingerprint density at radius 1 is 1.47 bits per heavy atom. The number of H-pyrrole nitrogens is 1. The van der Waals surface area contributed by atoms with Crippen molar-refractivity contribution in [2.45, 2.75) is 25.3 Å². The van der Waals surface area contributed by atoms with Gasteiger partial charge in [-0.05, 0) is 38.4 Å². The van der Waals surface area contributed by atoms with Crippen LogP contribution in [-0.2, 0) is 0 Å². The van der Waals surface area contributed by atoms with Gasteiger partial charge >= 0.3 is 0 Å². The molecule has 2 rings (SSSR count). The number of amides is 1. The summed E-state index contributed by atoms with van der Waals surface area (Å²) in [6, 6.07) is 2.05. The molecule has 1 saturated heterocycles. The third-order valence-electron chi connectivity index (χ3n) is 3.14. The fourth-order valence-corrected chi connectivity index (χ4v) is 2.12. The zero-order chi connectivity index (χ0) is 11.4. The van der Waals surface area contributed by atoms with Crippen molar-refractivity contribution < 1.29 is 4.79 Å². The van der Waals surface area contributed by atoms with Crippen LogP contribution in [0.3, 0.4) is 0 Å². The van der Waals surface area contributed by atoms with Crippen LogP contribution >= 0.6 is 12.4 Å². The molecule has 1 aliphatic rings. The highest BCUT2D eigenvalue weighted by Crippen LogP contribution is 2.13. The van der Waals surface area contributed by atoms with E-state index in [0.717, 1.165) is 32.4 Å². The molecule has 2 heterocycles. The summed E-state index contributed by atoms with van der Waals surface area (Å²) in [4.78, 5) is 13.9. The summed E-state index contributed by atoms with van der Waals surface area (Å²) in [6.07, 6.45) is 4.83. The number of nitrogens with one attached hydrogen (secondary N) is 2. The van der Waals surface area contributed by atoms with Crippen molar-refractivity contribution in [3.05, 3.63) is 18.0 Å². The molecule has 0 aromatic carbocycles. The van der Waals surface area contributed by atoms with Crippen LogP contribution in [0.5, 0.6) is 0 Å². The van der Waals surface area contributed by atoms with Gasteiger partial charge in [0.25, 0.3) is 5.91 Å². The summed E-state index contributed by atoms with van der Waals surface area (Å²) in [6.45, 7) is 2.05. The molecule has 17 heavy (non-hydrogen) atoms. The molecule has 2 N–H and O–H groups in total. The van der Waals surface area contributed by atoms with E-state index in [2.05, 4.69) is 15.5 Å². The first-order valence-corrected chi connectivity index (χ1v) is 5.76. The Kier molecular flexibility index (Phi) is 5.44. The summed E-state index contributed by atoms with van der Waals surface area (Å²) in [5.74, 6) is 0.0319. The van der Waals surface area contributed by atoms with Gasteiger partial charge in [-0.15, -0.1) is 12.4 Å². The Hall–Kier alpha value is -1.07. The lowest BCUT2D eigenvalue weighted by Crippen LogP contribution is -2.37. The van der Waals surface area contributed by atoms with Crippen molar-refractivity contribution in [3.63, 3.8) is 0 Å². The summed E-state index contributed by atoms with van der Waals surface area (Å²) in [5, 5.41) is 9.87. The van der Waals surface area contributed by atoms with Crippen molar-refractivity contribution in [2.75, 3.05) is 20.1 Å². The van der Waals surface area contributed by atoms with E-state index in [0.29, 0.717) is 11.7 Å². The Labute approximate surface area is 107 Å². The number of aromatic nitrogens is 2. The van der Waals surface area contributed by atoms with E-state index in [1.54, 1.807) is 12.3 Å². The topological polar surface area (TPSA) is 61.0 Å². The first-order chi connectivity index (χ1) is 7.79. The van der Waals surface area contributed by atoms with Gasteiger partial charge in [-0.2, -0.15) is 5.10 Å². The first kappa shape index (κ1) is 14.0. The van der Waals surface area contributed by atoms with E-state index < -0.39 is 0 Å². The number of nitrogens with zero attached hydrogens (tertiary/aromatic N) is 2. The molecular formula is C11H19ClN4O. The third-order valence-corrected chi connectivity index (χ3v) is 3.14. The SMILES string of the molecule is CN(C(=O)c1ccn[nH]1)C1CCCNCC1.Cl. The fourth-order valence-electron chi connectivity index (χ4n) is 2.12. The van der Waals surface area contributed by atoms with Crippen LogP contribution in [0.2, 0.25) is 0 Å². The Bertz CT molecular complexity index is 333. The van der Waals surface area contributed by atoms with E-state index in [1.165, 1.54) is 0 Å². The van der Waals surface area contributed by atoms with Crippen LogP contribution in [-0.4, -0.2) is 47.2 Å². The van der Waals surface area contributed by atoms with E-state index in [9.17, 15) is 4.79 Å². The van der Waals surface area contributed by atoms with E-state index >= 15 is 0 Å². The molecule has 1 unspecified atom stereocenters. The minimum Gasteiger partial charge on any atom is -0.337 e. The highest BCUT2D eigenvalue weighted by Gasteiger charge is 2.22. The number of rotatable bonds is 2. The van der Waals surface area contributed by atoms with E-state index in [-0.39, 0.29) is 18.3 Å². The molecule has 5 nitrogen and oxygen atoms in total. The lowest BCUT2D eigenvalue weighted by molar-refractivity contribution is 0.0714. The van der Waals surface area contributed by atoms with Gasteiger partial charge in [-0.3, -0.25) is 9.89 Å². The Morgan fingerprint density at radius 3 is 3.00 bits per heavy atom. The first-order valence-electron chi connectivity index (χ1n) is 5.76. The quantitative estimate of drug-likeness (QED) is 0.834. The smallest absolute Gasteiger partial charge is 0.271 e. The van der Waals surface area contributed by atoms with Crippen molar-refractivity contribution in [1.82, 2.24) is 20.4 Å². The molecule has 1 aliphatic heterocycles. The minimum absolute atomic E-state index is 0. The van der Waals surface area contributed by atoms with Crippen molar-refractivity contribution in [1.29, 1.82) is 0 Å². The molecule has 0 spiro atoms. The van der Waals surface area contributed by atoms with Gasteiger partial charge in [-0.25, -0.2) is 0 Å². The lowest BCUT2D eigenvalue weighted by Gasteiger charge is -2.26. The van der Waals surface area contributed by atoms with Gasteiger partial charge in [0, 0.05) is 19.3 Å². The number of hydrogen-bond acceptors (Lipinski definition) is 3. The molecule has 1 aromatic heterocycles. The second-order valence-corrected chi connectivity index (χ2v) is 4.22. The number of halogens is 1. The van der Waals surface area contributed by atoms with Crippen molar-refractivity contribution in [3.8, 4) is 0 Å². The molecule has 1 fully saturated rings. The molecule has 0 saturated carbocycles. The fraction of sp³-hybridized carbons (Fsp3) is 0.636. The van der Waals surface area contributed by atoms with Crippen molar-refractivity contribution >= 4 is 18.3 Å². The van der Waals surface area contributed by atoms with E-state index in [1.807, 2.05) is 11.9 Å². The lowest BCUT2D eigenvalue weighted by atomic mass is 10.1. The summed E-state index contributed by atoms with van der Waals surface area (Å²) >= 11 is 0. The zero-order valence-corrected chi connectivity index (χ0v) is 10.8. The summed E-state index contributed by atoms with van der Waals surface area (Å²) < 4.78 is 0. The second kappa shape index (κ2) is 6.61. The van der Waals surface area contributed by atoms with Crippen LogP contribution < -0.4 is 5.32 Å². The molecule has 1 atom stereocenters. The van der Waals surface area contributed by atoms with E-state index in [4.69, 9.17) is 0 Å². The Balaban J connectivity index is 0.00000144. The van der Waals surface area contributed by atoms with Gasteiger partial charge in [0.1, 0.15) is 5.69 Å². The predicted octanol–water partition coefficient (Wildman–Crippen LogP) is 1.05. The van der Waals surface area contributed by atoms with Crippen LogP contribution in [0.25, 0.3) is 0 Å². The van der Waals surface area contributed by atoms with Crippen molar-refractivity contribution in [2.24, 2.45) is 0 Å². The van der Waals surface area contributed by atoms with Crippen LogP contribution in [0.1, 0.15) is 29.8 Å². The normalized spacial score (nSPS) is 20.2. The number of carbonyl (C=O) groups excluding carboxylic acids is 1. The van der Waals surface area contributed by atoms with Gasteiger partial charge in [0.15, 0.2) is 0 Å². The second-order valence-electron chi connectivity index (χ2n) is 4.22. The highest BCUT2D eigenvalue weighted by molar-refractivity contribution is 5.92. The largest absolute Gasteiger partial charge is 0.337 e. The maximum Gasteiger partial charge on any atom is 0.271 e. The highest BCUT2D eigenvalue weighted by atomic mass is 35.5. The molecular weight excluding hydrogens is 240 g/mol. The average molecular weight is 259 g/mol. The molecule has 6 heteroatoms. The van der Waals surface area contributed by atoms with Crippen LogP contribution in [0, 0.1) is 0 Å². The minimum atomic E-state index is 0. The number of carbonyl (C=O) groups is 1. The number of hydrogen-bond donors (Lipinski definition) is 2. The van der Waals surface area contributed by atoms with Gasteiger partial charge in [-0.1, -0.05) is 0 Å². The molecule has 1 aromatic rings. The maximum atomic E-state index is 12.1. The zero-order valence-electron chi connectivity index (χ0n) is 9.98. The monoisotopic (exact) mass is 258 g/mol. The molecule has 0 bridgehead atoms. The molecule has 96 valence electrons. The molecule has 1 amide bonds.